The van der Waals surface area contributed by atoms with Gasteiger partial charge in [-0.25, -0.2) is 9.97 Å². The Balaban J connectivity index is 2.85. The number of hydrogen-bond acceptors (Lipinski definition) is 6. The van der Waals surface area contributed by atoms with Gasteiger partial charge >= 0.3 is 0 Å². The van der Waals surface area contributed by atoms with E-state index in [1.807, 2.05) is 13.8 Å². The molecule has 7 nitrogen and oxygen atoms in total. The average molecular weight is 253 g/mol. The fourth-order valence-corrected chi connectivity index (χ4v) is 1.43. The summed E-state index contributed by atoms with van der Waals surface area (Å²) in [6.45, 7) is 6.38. The number of nitrogens with zero attached hydrogens (tertiary/aromatic N) is 2. The van der Waals surface area contributed by atoms with Crippen LogP contribution in [0, 0.1) is 13.8 Å². The van der Waals surface area contributed by atoms with Gasteiger partial charge in [0, 0.05) is 12.1 Å². The van der Waals surface area contributed by atoms with Gasteiger partial charge in [0.1, 0.15) is 23.6 Å². The van der Waals surface area contributed by atoms with Crippen LogP contribution in [0.3, 0.4) is 0 Å². The quantitative estimate of drug-likeness (QED) is 0.557. The number of nitrogens with one attached hydrogen (secondary N) is 2. The van der Waals surface area contributed by atoms with Crippen LogP contribution in [-0.4, -0.2) is 40.2 Å². The highest BCUT2D eigenvalue weighted by atomic mass is 16.3. The Kier molecular flexibility index (Phi) is 4.85. The molecule has 0 radical (unpaired) electrons. The molecular formula is C11H19N5O2. The molecule has 1 atom stereocenters. The Labute approximate surface area is 106 Å². The number of primary amides is 1. The molecule has 0 bridgehead atoms. The SMILES string of the molecule is CCNc1nc(C)nc(NCC(O)C(N)=O)c1C. The van der Waals surface area contributed by atoms with Crippen molar-refractivity contribution in [3.05, 3.63) is 11.4 Å². The molecule has 0 aliphatic rings. The lowest BCUT2D eigenvalue weighted by atomic mass is 10.2. The van der Waals surface area contributed by atoms with Gasteiger partial charge in [-0.1, -0.05) is 0 Å². The second kappa shape index (κ2) is 6.15. The number of hydrogen-bond donors (Lipinski definition) is 4. The van der Waals surface area contributed by atoms with Crippen molar-refractivity contribution in [3.8, 4) is 0 Å². The molecule has 0 aliphatic carbocycles. The number of aliphatic hydroxyl groups excluding tert-OH is 1. The lowest BCUT2D eigenvalue weighted by molar-refractivity contribution is -0.125. The minimum Gasteiger partial charge on any atom is -0.381 e. The zero-order chi connectivity index (χ0) is 13.7. The highest BCUT2D eigenvalue weighted by molar-refractivity contribution is 5.79. The molecule has 1 unspecified atom stereocenters. The van der Waals surface area contributed by atoms with Gasteiger partial charge in [0.2, 0.25) is 5.91 Å². The van der Waals surface area contributed by atoms with E-state index in [1.165, 1.54) is 0 Å². The summed E-state index contributed by atoms with van der Waals surface area (Å²) in [4.78, 5) is 19.2. The second-order valence-electron chi connectivity index (χ2n) is 3.92. The molecule has 7 heteroatoms. The van der Waals surface area contributed by atoms with E-state index in [0.29, 0.717) is 11.6 Å². The Morgan fingerprint density at radius 1 is 1.33 bits per heavy atom. The van der Waals surface area contributed by atoms with Gasteiger partial charge in [0.05, 0.1) is 6.54 Å². The van der Waals surface area contributed by atoms with E-state index in [4.69, 9.17) is 5.73 Å². The van der Waals surface area contributed by atoms with E-state index in [1.54, 1.807) is 6.92 Å². The van der Waals surface area contributed by atoms with Crippen molar-refractivity contribution in [2.75, 3.05) is 23.7 Å². The Bertz CT molecular complexity index is 436. The first-order valence-electron chi connectivity index (χ1n) is 5.76. The van der Waals surface area contributed by atoms with Crippen LogP contribution in [0.15, 0.2) is 0 Å². The zero-order valence-corrected chi connectivity index (χ0v) is 10.8. The number of aliphatic hydroxyl groups is 1. The van der Waals surface area contributed by atoms with Crippen molar-refractivity contribution < 1.29 is 9.90 Å². The van der Waals surface area contributed by atoms with E-state index in [-0.39, 0.29) is 6.54 Å². The summed E-state index contributed by atoms with van der Waals surface area (Å²) in [6, 6.07) is 0. The highest BCUT2D eigenvalue weighted by Gasteiger charge is 2.13. The van der Waals surface area contributed by atoms with Gasteiger partial charge in [-0.3, -0.25) is 4.79 Å². The molecule has 100 valence electrons. The molecule has 1 aromatic rings. The van der Waals surface area contributed by atoms with E-state index >= 15 is 0 Å². The van der Waals surface area contributed by atoms with Crippen LogP contribution < -0.4 is 16.4 Å². The van der Waals surface area contributed by atoms with Gasteiger partial charge in [-0.15, -0.1) is 0 Å². The number of nitrogens with two attached hydrogens (primary N) is 1. The molecule has 1 aromatic heterocycles. The molecular weight excluding hydrogens is 234 g/mol. The molecule has 0 aliphatic heterocycles. The first kappa shape index (κ1) is 14.2. The second-order valence-corrected chi connectivity index (χ2v) is 3.92. The Morgan fingerprint density at radius 2 is 1.89 bits per heavy atom. The largest absolute Gasteiger partial charge is 0.381 e. The third kappa shape index (κ3) is 3.56. The van der Waals surface area contributed by atoms with Crippen molar-refractivity contribution in [2.24, 2.45) is 5.73 Å². The lowest BCUT2D eigenvalue weighted by Crippen LogP contribution is -2.34. The summed E-state index contributed by atoms with van der Waals surface area (Å²) in [7, 11) is 0. The van der Waals surface area contributed by atoms with Crippen molar-refractivity contribution in [3.63, 3.8) is 0 Å². The standard InChI is InChI=1S/C11H19N5O2/c1-4-13-10-6(2)11(16-7(3)15-10)14-5-8(17)9(12)18/h8,17H,4-5H2,1-3H3,(H2,12,18)(H2,13,14,15,16). The van der Waals surface area contributed by atoms with Gasteiger partial charge in [-0.2, -0.15) is 0 Å². The summed E-state index contributed by atoms with van der Waals surface area (Å²) in [6.07, 6.45) is -1.23. The van der Waals surface area contributed by atoms with Crippen LogP contribution in [0.2, 0.25) is 0 Å². The van der Waals surface area contributed by atoms with Crippen LogP contribution in [0.5, 0.6) is 0 Å². The molecule has 0 saturated heterocycles. The summed E-state index contributed by atoms with van der Waals surface area (Å²) >= 11 is 0. The maximum absolute atomic E-state index is 10.7. The van der Waals surface area contributed by atoms with E-state index < -0.39 is 12.0 Å². The van der Waals surface area contributed by atoms with Crippen LogP contribution in [0.4, 0.5) is 11.6 Å². The maximum atomic E-state index is 10.7. The maximum Gasteiger partial charge on any atom is 0.248 e. The van der Waals surface area contributed by atoms with Gasteiger partial charge in [0.15, 0.2) is 0 Å². The van der Waals surface area contributed by atoms with Crippen LogP contribution in [0.1, 0.15) is 18.3 Å². The van der Waals surface area contributed by atoms with Crippen LogP contribution in [-0.2, 0) is 4.79 Å². The molecule has 0 fully saturated rings. The van der Waals surface area contributed by atoms with Gasteiger partial charge in [-0.05, 0) is 20.8 Å². The topological polar surface area (TPSA) is 113 Å². The van der Waals surface area contributed by atoms with Gasteiger partial charge in [0.25, 0.3) is 0 Å². The molecule has 0 aromatic carbocycles. The lowest BCUT2D eigenvalue weighted by Gasteiger charge is -2.14. The van der Waals surface area contributed by atoms with Crippen molar-refractivity contribution in [2.45, 2.75) is 26.9 Å². The number of rotatable bonds is 6. The van der Waals surface area contributed by atoms with E-state index in [0.717, 1.165) is 17.9 Å². The third-order valence-corrected chi connectivity index (χ3v) is 2.39. The van der Waals surface area contributed by atoms with Gasteiger partial charge < -0.3 is 21.5 Å². The fourth-order valence-electron chi connectivity index (χ4n) is 1.43. The summed E-state index contributed by atoms with van der Waals surface area (Å²) in [5.41, 5.74) is 5.80. The first-order valence-corrected chi connectivity index (χ1v) is 5.76. The normalized spacial score (nSPS) is 12.0. The molecule has 5 N–H and O–H groups in total. The summed E-state index contributed by atoms with van der Waals surface area (Å²) < 4.78 is 0. The monoisotopic (exact) mass is 253 g/mol. The minimum absolute atomic E-state index is 0.0260. The van der Waals surface area contributed by atoms with Crippen molar-refractivity contribution >= 4 is 17.5 Å². The number of amides is 1. The molecule has 1 amide bonds. The number of carbonyl (C=O) groups is 1. The average Bonchev–Trinajstić information content (AvgIpc) is 2.31. The number of aryl methyl sites for hydroxylation is 1. The molecule has 18 heavy (non-hydrogen) atoms. The zero-order valence-electron chi connectivity index (χ0n) is 10.8. The molecule has 0 saturated carbocycles. The van der Waals surface area contributed by atoms with Crippen LogP contribution in [0.25, 0.3) is 0 Å². The highest BCUT2D eigenvalue weighted by Crippen LogP contribution is 2.19. The van der Waals surface area contributed by atoms with Crippen molar-refractivity contribution in [1.82, 2.24) is 9.97 Å². The predicted octanol–water partition coefficient (Wildman–Crippen LogP) is -0.217. The van der Waals surface area contributed by atoms with Crippen LogP contribution >= 0.6 is 0 Å². The predicted molar refractivity (Wildman–Crippen MR) is 69.4 cm³/mol. The van der Waals surface area contributed by atoms with E-state index in [9.17, 15) is 9.90 Å². The number of aromatic nitrogens is 2. The fraction of sp³-hybridized carbons (Fsp3) is 0.545. The molecule has 1 rings (SSSR count). The third-order valence-electron chi connectivity index (χ3n) is 2.39. The molecule has 1 heterocycles. The Morgan fingerprint density at radius 3 is 2.39 bits per heavy atom. The first-order chi connectivity index (χ1) is 8.45. The van der Waals surface area contributed by atoms with E-state index in [2.05, 4.69) is 20.6 Å². The minimum atomic E-state index is -1.23. The Hall–Kier alpha value is -1.89. The summed E-state index contributed by atoms with van der Waals surface area (Å²) in [5, 5.41) is 15.3. The smallest absolute Gasteiger partial charge is 0.248 e. The van der Waals surface area contributed by atoms with Crippen molar-refractivity contribution in [1.29, 1.82) is 0 Å². The number of carbonyl (C=O) groups excluding carboxylic acids is 1. The number of anilines is 2. The summed E-state index contributed by atoms with van der Waals surface area (Å²) in [5.74, 6) is 1.16. The molecule has 0 spiro atoms.